The van der Waals surface area contributed by atoms with Gasteiger partial charge in [0.25, 0.3) is 5.56 Å². The number of urea groups is 1. The van der Waals surface area contributed by atoms with Crippen molar-refractivity contribution in [2.24, 2.45) is 5.92 Å². The average Bonchev–Trinajstić information content (AvgIpc) is 3.19. The molecule has 1 atom stereocenters. The molecule has 34 heavy (non-hydrogen) atoms. The van der Waals surface area contributed by atoms with Gasteiger partial charge in [-0.1, -0.05) is 55.9 Å². The van der Waals surface area contributed by atoms with Crippen molar-refractivity contribution in [3.05, 3.63) is 56.7 Å². The molecule has 2 heterocycles. The lowest BCUT2D eigenvalue weighted by Crippen LogP contribution is -2.40. The molecule has 9 heteroatoms. The van der Waals surface area contributed by atoms with Crippen LogP contribution in [0.15, 0.2) is 40.3 Å². The Hall–Kier alpha value is -2.65. The second kappa shape index (κ2) is 11.2. The van der Waals surface area contributed by atoms with Crippen LogP contribution < -0.4 is 16.2 Å². The number of aromatic nitrogens is 2. The van der Waals surface area contributed by atoms with Crippen molar-refractivity contribution in [3.63, 3.8) is 0 Å². The van der Waals surface area contributed by atoms with E-state index < -0.39 is 11.9 Å². The first-order valence-electron chi connectivity index (χ1n) is 11.8. The van der Waals surface area contributed by atoms with E-state index in [1.165, 1.54) is 16.6 Å². The van der Waals surface area contributed by atoms with Crippen molar-refractivity contribution >= 4 is 45.3 Å². The summed E-state index contributed by atoms with van der Waals surface area (Å²) >= 11 is 2.80. The number of carbonyl (C=O) groups is 2. The summed E-state index contributed by atoms with van der Waals surface area (Å²) in [5.74, 6) is 0.199. The lowest BCUT2D eigenvalue weighted by molar-refractivity contribution is -0.117. The quantitative estimate of drug-likeness (QED) is 0.359. The van der Waals surface area contributed by atoms with Gasteiger partial charge in [-0.05, 0) is 49.1 Å². The molecule has 0 fully saturated rings. The number of aryl methyl sites for hydroxylation is 2. The SMILES string of the molecule is CCCNC(=O)NC(=O)CSc1nc2sc3c(c2c(=O)n1CCc1ccccc1)CC[C@@H](C)C3. The van der Waals surface area contributed by atoms with E-state index >= 15 is 0 Å². The third kappa shape index (κ3) is 5.70. The van der Waals surface area contributed by atoms with Crippen molar-refractivity contribution in [3.8, 4) is 0 Å². The summed E-state index contributed by atoms with van der Waals surface area (Å²) in [6.45, 7) is 5.17. The van der Waals surface area contributed by atoms with Crippen LogP contribution >= 0.6 is 23.1 Å². The fourth-order valence-corrected chi connectivity index (χ4v) is 6.42. The van der Waals surface area contributed by atoms with E-state index in [0.717, 1.165) is 47.0 Å². The molecule has 0 saturated carbocycles. The van der Waals surface area contributed by atoms with Gasteiger partial charge in [0.05, 0.1) is 11.1 Å². The van der Waals surface area contributed by atoms with Gasteiger partial charge in [0.15, 0.2) is 5.16 Å². The summed E-state index contributed by atoms with van der Waals surface area (Å²) in [6.07, 6.45) is 4.46. The van der Waals surface area contributed by atoms with Gasteiger partial charge in [0.2, 0.25) is 5.91 Å². The van der Waals surface area contributed by atoms with Crippen LogP contribution in [0, 0.1) is 5.92 Å². The maximum Gasteiger partial charge on any atom is 0.321 e. The van der Waals surface area contributed by atoms with Gasteiger partial charge in [-0.2, -0.15) is 0 Å². The molecular formula is C25H30N4O3S2. The van der Waals surface area contributed by atoms with Crippen LogP contribution in [0.5, 0.6) is 0 Å². The number of benzene rings is 1. The smallest absolute Gasteiger partial charge is 0.321 e. The van der Waals surface area contributed by atoms with Crippen molar-refractivity contribution < 1.29 is 9.59 Å². The van der Waals surface area contributed by atoms with E-state index in [2.05, 4.69) is 17.6 Å². The Labute approximate surface area is 207 Å². The molecule has 3 aromatic rings. The number of carbonyl (C=O) groups excluding carboxylic acids is 2. The van der Waals surface area contributed by atoms with Gasteiger partial charge < -0.3 is 5.32 Å². The van der Waals surface area contributed by atoms with Gasteiger partial charge in [0, 0.05) is 18.0 Å². The molecule has 180 valence electrons. The number of nitrogens with one attached hydrogen (secondary N) is 2. The number of imide groups is 1. The molecule has 0 unspecified atom stereocenters. The third-order valence-corrected chi connectivity index (χ3v) is 8.09. The van der Waals surface area contributed by atoms with Crippen LogP contribution in [-0.2, 0) is 30.6 Å². The highest BCUT2D eigenvalue weighted by Gasteiger charge is 2.25. The second-order valence-corrected chi connectivity index (χ2v) is 10.7. The Morgan fingerprint density at radius 2 is 2.06 bits per heavy atom. The Bertz CT molecular complexity index is 1240. The summed E-state index contributed by atoms with van der Waals surface area (Å²) in [4.78, 5) is 44.7. The normalized spacial score (nSPS) is 15.2. The highest BCUT2D eigenvalue weighted by Crippen LogP contribution is 2.36. The fourth-order valence-electron chi connectivity index (χ4n) is 4.17. The summed E-state index contributed by atoms with van der Waals surface area (Å²) in [5, 5.41) is 6.22. The Kier molecular flexibility index (Phi) is 8.05. The van der Waals surface area contributed by atoms with Crippen molar-refractivity contribution in [2.75, 3.05) is 12.3 Å². The Morgan fingerprint density at radius 1 is 1.26 bits per heavy atom. The summed E-state index contributed by atoms with van der Waals surface area (Å²) in [5.41, 5.74) is 2.26. The van der Waals surface area contributed by atoms with Crippen LogP contribution in [0.3, 0.4) is 0 Å². The van der Waals surface area contributed by atoms with E-state index in [1.54, 1.807) is 15.9 Å². The van der Waals surface area contributed by atoms with Gasteiger partial charge in [-0.25, -0.2) is 9.78 Å². The lowest BCUT2D eigenvalue weighted by Gasteiger charge is -2.17. The number of rotatable bonds is 8. The maximum atomic E-state index is 13.7. The zero-order valence-corrected chi connectivity index (χ0v) is 21.2. The summed E-state index contributed by atoms with van der Waals surface area (Å²) in [6, 6.07) is 9.52. The molecule has 0 spiro atoms. The van der Waals surface area contributed by atoms with E-state index in [1.807, 2.05) is 37.3 Å². The average molecular weight is 499 g/mol. The number of amides is 3. The predicted octanol–water partition coefficient (Wildman–Crippen LogP) is 4.15. The fraction of sp³-hybridized carbons (Fsp3) is 0.440. The highest BCUT2D eigenvalue weighted by atomic mass is 32.2. The van der Waals surface area contributed by atoms with Gasteiger partial charge in [-0.15, -0.1) is 11.3 Å². The van der Waals surface area contributed by atoms with Crippen LogP contribution in [0.25, 0.3) is 10.2 Å². The van der Waals surface area contributed by atoms with E-state index in [-0.39, 0.29) is 11.3 Å². The summed E-state index contributed by atoms with van der Waals surface area (Å²) in [7, 11) is 0. The monoisotopic (exact) mass is 498 g/mol. The number of nitrogens with zero attached hydrogens (tertiary/aromatic N) is 2. The van der Waals surface area contributed by atoms with Crippen molar-refractivity contribution in [2.45, 2.75) is 57.7 Å². The molecule has 1 aromatic carbocycles. The zero-order valence-electron chi connectivity index (χ0n) is 19.6. The molecule has 0 saturated heterocycles. The molecule has 0 radical (unpaired) electrons. The molecule has 7 nitrogen and oxygen atoms in total. The molecule has 1 aliphatic rings. The first-order valence-corrected chi connectivity index (χ1v) is 13.6. The first-order chi connectivity index (χ1) is 16.5. The number of thioether (sulfide) groups is 1. The zero-order chi connectivity index (χ0) is 24.1. The van der Waals surface area contributed by atoms with E-state index in [9.17, 15) is 14.4 Å². The molecule has 1 aliphatic carbocycles. The minimum absolute atomic E-state index is 0.00491. The van der Waals surface area contributed by atoms with Crippen LogP contribution in [0.2, 0.25) is 0 Å². The molecule has 4 rings (SSSR count). The first kappa shape index (κ1) is 24.5. The van der Waals surface area contributed by atoms with Crippen LogP contribution in [0.4, 0.5) is 4.79 Å². The standard InChI is InChI=1S/C25H30N4O3S2/c1-3-12-26-24(32)27-20(30)15-33-25-28-22-21(18-10-9-16(2)14-19(18)34-22)23(31)29(25)13-11-17-7-5-4-6-8-17/h4-8,16H,3,9-15H2,1-2H3,(H2,26,27,30,32)/t16-/m1/s1. The number of fused-ring (bicyclic) bond motifs is 3. The molecule has 0 aliphatic heterocycles. The maximum absolute atomic E-state index is 13.7. The number of hydrogen-bond acceptors (Lipinski definition) is 6. The van der Waals surface area contributed by atoms with Crippen molar-refractivity contribution in [1.29, 1.82) is 0 Å². The van der Waals surface area contributed by atoms with Crippen LogP contribution in [-0.4, -0.2) is 33.8 Å². The van der Waals surface area contributed by atoms with Crippen LogP contribution in [0.1, 0.15) is 42.7 Å². The van der Waals surface area contributed by atoms with Crippen molar-refractivity contribution in [1.82, 2.24) is 20.2 Å². The minimum Gasteiger partial charge on any atom is -0.338 e. The van der Waals surface area contributed by atoms with E-state index in [0.29, 0.717) is 30.6 Å². The molecule has 2 N–H and O–H groups in total. The lowest BCUT2D eigenvalue weighted by atomic mass is 9.89. The largest absolute Gasteiger partial charge is 0.338 e. The van der Waals surface area contributed by atoms with E-state index in [4.69, 9.17) is 4.98 Å². The molecular weight excluding hydrogens is 468 g/mol. The number of thiophene rings is 1. The highest BCUT2D eigenvalue weighted by molar-refractivity contribution is 7.99. The van der Waals surface area contributed by atoms with Gasteiger partial charge in [-0.3, -0.25) is 19.5 Å². The van der Waals surface area contributed by atoms with Gasteiger partial charge in [0.1, 0.15) is 4.83 Å². The number of hydrogen-bond donors (Lipinski definition) is 2. The molecule has 2 aromatic heterocycles. The predicted molar refractivity (Wildman–Crippen MR) is 138 cm³/mol. The van der Waals surface area contributed by atoms with Gasteiger partial charge >= 0.3 is 6.03 Å². The minimum atomic E-state index is -0.502. The topological polar surface area (TPSA) is 93.1 Å². The Balaban J connectivity index is 1.61. The molecule has 0 bridgehead atoms. The summed E-state index contributed by atoms with van der Waals surface area (Å²) < 4.78 is 1.70. The molecule has 3 amide bonds. The third-order valence-electron chi connectivity index (χ3n) is 5.97. The Morgan fingerprint density at radius 3 is 2.82 bits per heavy atom. The second-order valence-electron chi connectivity index (χ2n) is 8.71.